The van der Waals surface area contributed by atoms with Gasteiger partial charge in [0.05, 0.1) is 5.69 Å². The van der Waals surface area contributed by atoms with Gasteiger partial charge in [0.1, 0.15) is 17.0 Å². The summed E-state index contributed by atoms with van der Waals surface area (Å²) >= 11 is 0.151. The molecule has 7 nitrogen and oxygen atoms in total. The SMILES string of the molecule is CN1CC[C@@](O)(c2cccc(-c3csc(-c4ccnc([S+](C)[O-])n4)n3)c2)C1=O. The highest BCUT2D eigenvalue weighted by Crippen LogP contribution is 2.35. The molecule has 2 atom stereocenters. The van der Waals surface area contributed by atoms with Crippen LogP contribution in [0.25, 0.3) is 22.0 Å². The van der Waals surface area contributed by atoms with Gasteiger partial charge in [-0.2, -0.15) is 9.97 Å². The Labute approximate surface area is 169 Å². The largest absolute Gasteiger partial charge is 0.609 e. The van der Waals surface area contributed by atoms with E-state index < -0.39 is 16.8 Å². The zero-order valence-electron chi connectivity index (χ0n) is 15.3. The van der Waals surface area contributed by atoms with Gasteiger partial charge in [-0.1, -0.05) is 18.2 Å². The summed E-state index contributed by atoms with van der Waals surface area (Å²) in [5.74, 6) is -0.287. The van der Waals surface area contributed by atoms with Crippen LogP contribution in [0, 0.1) is 0 Å². The maximum absolute atomic E-state index is 12.4. The number of carbonyl (C=O) groups is 1. The van der Waals surface area contributed by atoms with E-state index in [0.717, 1.165) is 11.3 Å². The zero-order valence-corrected chi connectivity index (χ0v) is 17.0. The van der Waals surface area contributed by atoms with E-state index in [9.17, 15) is 14.5 Å². The molecule has 144 valence electrons. The Morgan fingerprint density at radius 3 is 2.82 bits per heavy atom. The van der Waals surface area contributed by atoms with Crippen molar-refractivity contribution in [1.82, 2.24) is 19.9 Å². The van der Waals surface area contributed by atoms with E-state index in [-0.39, 0.29) is 11.1 Å². The van der Waals surface area contributed by atoms with Crippen molar-refractivity contribution >= 4 is 28.4 Å². The first-order chi connectivity index (χ1) is 13.4. The minimum atomic E-state index is -1.49. The molecule has 1 saturated heterocycles. The van der Waals surface area contributed by atoms with Crippen molar-refractivity contribution < 1.29 is 14.5 Å². The van der Waals surface area contributed by atoms with Crippen LogP contribution in [-0.4, -0.2) is 55.3 Å². The van der Waals surface area contributed by atoms with Gasteiger partial charge in [-0.25, -0.2) is 4.98 Å². The summed E-state index contributed by atoms with van der Waals surface area (Å²) in [6.07, 6.45) is 3.47. The Kier molecular flexibility index (Phi) is 4.92. The first-order valence-electron chi connectivity index (χ1n) is 8.60. The molecule has 9 heteroatoms. The second kappa shape index (κ2) is 7.25. The van der Waals surface area contributed by atoms with E-state index in [1.807, 2.05) is 23.6 Å². The predicted molar refractivity (Wildman–Crippen MR) is 107 cm³/mol. The molecule has 0 radical (unpaired) electrons. The molecule has 0 bridgehead atoms. The molecule has 3 heterocycles. The van der Waals surface area contributed by atoms with Crippen LogP contribution < -0.4 is 0 Å². The Morgan fingerprint density at radius 2 is 2.11 bits per heavy atom. The van der Waals surface area contributed by atoms with E-state index in [4.69, 9.17) is 0 Å². The first-order valence-corrected chi connectivity index (χ1v) is 11.0. The van der Waals surface area contributed by atoms with Gasteiger partial charge in [-0.3, -0.25) is 4.79 Å². The van der Waals surface area contributed by atoms with Crippen molar-refractivity contribution in [3.63, 3.8) is 0 Å². The minimum Gasteiger partial charge on any atom is -0.609 e. The third-order valence-corrected chi connectivity index (χ3v) is 6.34. The van der Waals surface area contributed by atoms with Crippen molar-refractivity contribution in [2.75, 3.05) is 19.8 Å². The van der Waals surface area contributed by atoms with Gasteiger partial charge in [-0.15, -0.1) is 11.3 Å². The van der Waals surface area contributed by atoms with Crippen LogP contribution >= 0.6 is 11.3 Å². The average Bonchev–Trinajstić information content (AvgIpc) is 3.30. The summed E-state index contributed by atoms with van der Waals surface area (Å²) < 4.78 is 11.6. The summed E-state index contributed by atoms with van der Waals surface area (Å²) in [5, 5.41) is 13.7. The second-order valence-electron chi connectivity index (χ2n) is 6.63. The van der Waals surface area contributed by atoms with Crippen molar-refractivity contribution in [2.45, 2.75) is 17.2 Å². The fourth-order valence-electron chi connectivity index (χ4n) is 3.18. The molecule has 1 fully saturated rings. The van der Waals surface area contributed by atoms with Crippen LogP contribution in [0.15, 0.2) is 47.1 Å². The normalized spacial score (nSPS) is 20.6. The Morgan fingerprint density at radius 1 is 1.29 bits per heavy atom. The fraction of sp³-hybridized carbons (Fsp3) is 0.263. The lowest BCUT2D eigenvalue weighted by atomic mass is 9.90. The number of thiazole rings is 1. The molecule has 3 aromatic rings. The Balaban J connectivity index is 1.67. The van der Waals surface area contributed by atoms with Crippen molar-refractivity contribution in [3.05, 3.63) is 47.5 Å². The highest BCUT2D eigenvalue weighted by Gasteiger charge is 2.45. The highest BCUT2D eigenvalue weighted by atomic mass is 32.2. The van der Waals surface area contributed by atoms with E-state index >= 15 is 0 Å². The summed E-state index contributed by atoms with van der Waals surface area (Å²) in [7, 11) is 1.69. The summed E-state index contributed by atoms with van der Waals surface area (Å²) in [6, 6.07) is 9.01. The maximum atomic E-state index is 12.4. The number of likely N-dealkylation sites (tertiary alicyclic amines) is 1. The molecule has 1 N–H and O–H groups in total. The quantitative estimate of drug-likeness (QED) is 0.518. The monoisotopic (exact) mass is 414 g/mol. The summed E-state index contributed by atoms with van der Waals surface area (Å²) in [5.41, 5.74) is 1.22. The molecule has 1 amide bonds. The number of nitrogens with zero attached hydrogens (tertiary/aromatic N) is 4. The highest BCUT2D eigenvalue weighted by molar-refractivity contribution is 7.90. The molecule has 1 unspecified atom stereocenters. The molecule has 1 aromatic carbocycles. The zero-order chi connectivity index (χ0) is 19.9. The molecule has 0 saturated carbocycles. The van der Waals surface area contributed by atoms with Gasteiger partial charge in [0.25, 0.3) is 5.91 Å². The van der Waals surface area contributed by atoms with Crippen LogP contribution in [0.2, 0.25) is 0 Å². The smallest absolute Gasteiger partial charge is 0.343 e. The molecule has 4 rings (SSSR count). The molecule has 2 aromatic heterocycles. The predicted octanol–water partition coefficient (Wildman–Crippen LogP) is 2.05. The third kappa shape index (κ3) is 3.30. The number of amides is 1. The number of aromatic nitrogens is 3. The van der Waals surface area contributed by atoms with Gasteiger partial charge >= 0.3 is 5.16 Å². The third-order valence-electron chi connectivity index (χ3n) is 4.76. The van der Waals surface area contributed by atoms with E-state index in [1.165, 1.54) is 22.5 Å². The van der Waals surface area contributed by atoms with Crippen LogP contribution in [0.5, 0.6) is 0 Å². The fourth-order valence-corrected chi connectivity index (χ4v) is 4.41. The number of aliphatic hydroxyl groups is 1. The van der Waals surface area contributed by atoms with Crippen LogP contribution in [0.3, 0.4) is 0 Å². The number of carbonyl (C=O) groups excluding carboxylic acids is 1. The number of benzene rings is 1. The van der Waals surface area contributed by atoms with Crippen molar-refractivity contribution in [3.8, 4) is 22.0 Å². The van der Waals surface area contributed by atoms with Crippen LogP contribution in [0.4, 0.5) is 0 Å². The van der Waals surface area contributed by atoms with Gasteiger partial charge < -0.3 is 14.6 Å². The van der Waals surface area contributed by atoms with Crippen molar-refractivity contribution in [1.29, 1.82) is 0 Å². The summed E-state index contributed by atoms with van der Waals surface area (Å²) in [4.78, 5) is 26.9. The minimum absolute atomic E-state index is 0.266. The molecule has 28 heavy (non-hydrogen) atoms. The van der Waals surface area contributed by atoms with Crippen molar-refractivity contribution in [2.24, 2.45) is 0 Å². The van der Waals surface area contributed by atoms with E-state index in [2.05, 4.69) is 15.0 Å². The molecule has 0 aliphatic carbocycles. The van der Waals surface area contributed by atoms with Gasteiger partial charge in [0.2, 0.25) is 0 Å². The Hall–Kier alpha value is -2.33. The van der Waals surface area contributed by atoms with E-state index in [0.29, 0.717) is 29.2 Å². The number of rotatable bonds is 4. The number of hydrogen-bond donors (Lipinski definition) is 1. The number of likely N-dealkylation sites (N-methyl/N-ethyl adjacent to an activating group) is 1. The van der Waals surface area contributed by atoms with Crippen LogP contribution in [0.1, 0.15) is 12.0 Å². The Bertz CT molecular complexity index is 1040. The average molecular weight is 415 g/mol. The lowest BCUT2D eigenvalue weighted by Crippen LogP contribution is -2.36. The van der Waals surface area contributed by atoms with Crippen LogP contribution in [-0.2, 0) is 21.6 Å². The van der Waals surface area contributed by atoms with Gasteiger partial charge in [-0.05, 0) is 17.7 Å². The second-order valence-corrected chi connectivity index (χ2v) is 8.77. The summed E-state index contributed by atoms with van der Waals surface area (Å²) in [6.45, 7) is 0.523. The molecule has 0 spiro atoms. The lowest BCUT2D eigenvalue weighted by Gasteiger charge is -2.21. The molecular formula is C19H18N4O3S2. The van der Waals surface area contributed by atoms with Gasteiger partial charge in [0.15, 0.2) is 5.60 Å². The standard InChI is InChI=1S/C19H18N4O3S2/c1-23-9-7-19(25,17(23)24)13-5-3-4-12(10-13)15-11-27-16(21-15)14-6-8-20-18(22-14)28(2)26/h3-6,8,10-11,25H,7,9H2,1-2H3/t19-,28?/m1/s1. The van der Waals surface area contributed by atoms with Gasteiger partial charge in [0, 0.05) is 48.3 Å². The first kappa shape index (κ1) is 19.0. The maximum Gasteiger partial charge on any atom is 0.343 e. The topological polar surface area (TPSA) is 102 Å². The molecular weight excluding hydrogens is 396 g/mol. The molecule has 1 aliphatic rings. The molecule has 1 aliphatic heterocycles. The lowest BCUT2D eigenvalue weighted by molar-refractivity contribution is -0.143. The van der Waals surface area contributed by atoms with E-state index in [1.54, 1.807) is 25.4 Å². The number of hydrogen-bond acceptors (Lipinski definition) is 7.